The first-order chi connectivity index (χ1) is 12.2. The second-order valence-electron chi connectivity index (χ2n) is 6.36. The summed E-state index contributed by atoms with van der Waals surface area (Å²) in [5.74, 6) is 1.54. The first kappa shape index (κ1) is 15.8. The number of hydrogen-bond acceptors (Lipinski definition) is 6. The van der Waals surface area contributed by atoms with E-state index < -0.39 is 0 Å². The van der Waals surface area contributed by atoms with Gasteiger partial charge in [-0.25, -0.2) is 9.67 Å². The van der Waals surface area contributed by atoms with Crippen molar-refractivity contribution >= 4 is 0 Å². The zero-order chi connectivity index (χ0) is 17.2. The highest BCUT2D eigenvalue weighted by Crippen LogP contribution is 2.22. The number of imidazole rings is 1. The standard InChI is InChI=1S/C17H20N6O2/c1-13-14(9-19-25-13)10-21-7-2-3-15(21)11-23-17(24)5-4-16(20-23)22-8-6-18-12-22/h4-6,8-9,12,15H,2-3,7,10-11H2,1H3. The smallest absolute Gasteiger partial charge is 0.266 e. The van der Waals surface area contributed by atoms with E-state index in [1.54, 1.807) is 40.1 Å². The Morgan fingerprint density at radius 3 is 3.04 bits per heavy atom. The summed E-state index contributed by atoms with van der Waals surface area (Å²) in [6.07, 6.45) is 9.12. The molecule has 130 valence electrons. The lowest BCUT2D eigenvalue weighted by Crippen LogP contribution is -2.37. The second kappa shape index (κ2) is 6.64. The molecule has 0 bridgehead atoms. The highest BCUT2D eigenvalue weighted by Gasteiger charge is 2.26. The molecule has 25 heavy (non-hydrogen) atoms. The molecule has 8 heteroatoms. The third-order valence-corrected chi connectivity index (χ3v) is 4.73. The van der Waals surface area contributed by atoms with Crippen LogP contribution in [-0.2, 0) is 13.1 Å². The van der Waals surface area contributed by atoms with Crippen LogP contribution in [0.2, 0.25) is 0 Å². The van der Waals surface area contributed by atoms with Crippen LogP contribution in [0, 0.1) is 6.92 Å². The number of likely N-dealkylation sites (tertiary alicyclic amines) is 1. The van der Waals surface area contributed by atoms with Crippen molar-refractivity contribution in [3.63, 3.8) is 0 Å². The van der Waals surface area contributed by atoms with Crippen LogP contribution in [0.1, 0.15) is 24.2 Å². The van der Waals surface area contributed by atoms with Gasteiger partial charge < -0.3 is 4.52 Å². The van der Waals surface area contributed by atoms with Gasteiger partial charge in [0.15, 0.2) is 5.82 Å². The molecular weight excluding hydrogens is 320 g/mol. The molecule has 1 saturated heterocycles. The maximum atomic E-state index is 12.2. The van der Waals surface area contributed by atoms with E-state index in [-0.39, 0.29) is 11.6 Å². The molecule has 0 amide bonds. The van der Waals surface area contributed by atoms with E-state index in [9.17, 15) is 4.79 Å². The van der Waals surface area contributed by atoms with Gasteiger partial charge in [-0.2, -0.15) is 5.10 Å². The van der Waals surface area contributed by atoms with Gasteiger partial charge in [0.05, 0.1) is 12.7 Å². The average molecular weight is 340 g/mol. The van der Waals surface area contributed by atoms with Crippen molar-refractivity contribution in [3.05, 3.63) is 58.7 Å². The average Bonchev–Trinajstić information content (AvgIpc) is 3.34. The molecule has 3 aromatic heterocycles. The van der Waals surface area contributed by atoms with Gasteiger partial charge in [-0.3, -0.25) is 14.3 Å². The van der Waals surface area contributed by atoms with Crippen LogP contribution in [0.25, 0.3) is 5.82 Å². The molecular formula is C17H20N6O2. The molecule has 0 saturated carbocycles. The molecule has 0 N–H and O–H groups in total. The first-order valence-electron chi connectivity index (χ1n) is 8.41. The van der Waals surface area contributed by atoms with Gasteiger partial charge in [0.2, 0.25) is 0 Å². The van der Waals surface area contributed by atoms with Gasteiger partial charge >= 0.3 is 0 Å². The minimum Gasteiger partial charge on any atom is -0.361 e. The molecule has 3 aromatic rings. The fraction of sp³-hybridized carbons (Fsp3) is 0.412. The summed E-state index contributed by atoms with van der Waals surface area (Å²) in [5, 5.41) is 8.35. The normalized spacial score (nSPS) is 18.0. The SMILES string of the molecule is Cc1oncc1CN1CCCC1Cn1nc(-n2ccnc2)ccc1=O. The van der Waals surface area contributed by atoms with Crippen LogP contribution in [-0.4, -0.2) is 42.0 Å². The van der Waals surface area contributed by atoms with E-state index in [4.69, 9.17) is 4.52 Å². The summed E-state index contributed by atoms with van der Waals surface area (Å²) in [6, 6.07) is 3.55. The Hall–Kier alpha value is -2.74. The van der Waals surface area contributed by atoms with Crippen LogP contribution < -0.4 is 5.56 Å². The third kappa shape index (κ3) is 3.25. The van der Waals surface area contributed by atoms with Crippen LogP contribution in [0.5, 0.6) is 0 Å². The Balaban J connectivity index is 1.54. The highest BCUT2D eigenvalue weighted by molar-refractivity contribution is 5.19. The molecule has 4 rings (SSSR count). The number of aromatic nitrogens is 5. The first-order valence-corrected chi connectivity index (χ1v) is 8.41. The van der Waals surface area contributed by atoms with Gasteiger partial charge in [0.1, 0.15) is 12.1 Å². The lowest BCUT2D eigenvalue weighted by molar-refractivity contribution is 0.215. The Labute approximate surface area is 144 Å². The molecule has 8 nitrogen and oxygen atoms in total. The largest absolute Gasteiger partial charge is 0.361 e. The van der Waals surface area contributed by atoms with Crippen LogP contribution in [0.4, 0.5) is 0 Å². The molecule has 1 aliphatic rings. The van der Waals surface area contributed by atoms with Gasteiger partial charge in [-0.05, 0) is 32.4 Å². The monoisotopic (exact) mass is 340 g/mol. The fourth-order valence-electron chi connectivity index (χ4n) is 3.30. The van der Waals surface area contributed by atoms with Crippen molar-refractivity contribution < 1.29 is 4.52 Å². The lowest BCUT2D eigenvalue weighted by Gasteiger charge is -2.24. The number of rotatable bonds is 5. The number of nitrogens with zero attached hydrogens (tertiary/aromatic N) is 6. The Morgan fingerprint density at radius 1 is 1.36 bits per heavy atom. The molecule has 1 aliphatic heterocycles. The Bertz CT molecular complexity index is 898. The molecule has 1 unspecified atom stereocenters. The van der Waals surface area contributed by atoms with Crippen molar-refractivity contribution in [2.75, 3.05) is 6.54 Å². The maximum absolute atomic E-state index is 12.2. The zero-order valence-electron chi connectivity index (χ0n) is 14.1. The lowest BCUT2D eigenvalue weighted by atomic mass is 10.2. The number of aryl methyl sites for hydroxylation is 1. The van der Waals surface area contributed by atoms with Crippen molar-refractivity contribution in [3.8, 4) is 5.82 Å². The van der Waals surface area contributed by atoms with Gasteiger partial charge in [-0.15, -0.1) is 0 Å². The Morgan fingerprint density at radius 2 is 2.28 bits per heavy atom. The third-order valence-electron chi connectivity index (χ3n) is 4.73. The quantitative estimate of drug-likeness (QED) is 0.698. The summed E-state index contributed by atoms with van der Waals surface area (Å²) < 4.78 is 8.50. The second-order valence-corrected chi connectivity index (χ2v) is 6.36. The zero-order valence-corrected chi connectivity index (χ0v) is 14.1. The van der Waals surface area contributed by atoms with Gasteiger partial charge in [0.25, 0.3) is 5.56 Å². The predicted molar refractivity (Wildman–Crippen MR) is 90.3 cm³/mol. The summed E-state index contributed by atoms with van der Waals surface area (Å²) in [7, 11) is 0. The summed E-state index contributed by atoms with van der Waals surface area (Å²) >= 11 is 0. The van der Waals surface area contributed by atoms with Crippen molar-refractivity contribution in [1.29, 1.82) is 0 Å². The van der Waals surface area contributed by atoms with Crippen LogP contribution in [0.15, 0.2) is 46.4 Å². The molecule has 0 radical (unpaired) electrons. The minimum atomic E-state index is -0.0862. The van der Waals surface area contributed by atoms with E-state index in [0.717, 1.165) is 37.3 Å². The van der Waals surface area contributed by atoms with Crippen molar-refractivity contribution in [2.24, 2.45) is 0 Å². The van der Waals surface area contributed by atoms with E-state index in [1.165, 1.54) is 0 Å². The summed E-state index contributed by atoms with van der Waals surface area (Å²) in [5.41, 5.74) is 1.01. The highest BCUT2D eigenvalue weighted by atomic mass is 16.5. The maximum Gasteiger partial charge on any atom is 0.266 e. The molecule has 1 atom stereocenters. The summed E-state index contributed by atoms with van der Waals surface area (Å²) in [4.78, 5) is 18.6. The summed E-state index contributed by atoms with van der Waals surface area (Å²) in [6.45, 7) is 4.29. The molecule has 0 aliphatic carbocycles. The van der Waals surface area contributed by atoms with E-state index >= 15 is 0 Å². The number of hydrogen-bond donors (Lipinski definition) is 0. The van der Waals surface area contributed by atoms with Crippen LogP contribution in [0.3, 0.4) is 0 Å². The van der Waals surface area contributed by atoms with Gasteiger partial charge in [0, 0.05) is 36.6 Å². The molecule has 4 heterocycles. The molecule has 0 spiro atoms. The fourth-order valence-corrected chi connectivity index (χ4v) is 3.30. The van der Waals surface area contributed by atoms with Gasteiger partial charge in [-0.1, -0.05) is 5.16 Å². The predicted octanol–water partition coefficient (Wildman–Crippen LogP) is 1.39. The topological polar surface area (TPSA) is 82.0 Å². The van der Waals surface area contributed by atoms with Crippen molar-refractivity contribution in [1.82, 2.24) is 29.4 Å². The van der Waals surface area contributed by atoms with E-state index in [2.05, 4.69) is 20.1 Å². The van der Waals surface area contributed by atoms with Crippen molar-refractivity contribution in [2.45, 2.75) is 38.9 Å². The molecule has 0 aromatic carbocycles. The van der Waals surface area contributed by atoms with E-state index in [0.29, 0.717) is 12.4 Å². The minimum absolute atomic E-state index is 0.0862. The van der Waals surface area contributed by atoms with E-state index in [1.807, 2.05) is 13.1 Å². The van der Waals surface area contributed by atoms with Crippen LogP contribution >= 0.6 is 0 Å². The molecule has 1 fully saturated rings. The Kier molecular flexibility index (Phi) is 4.19.